The molecule has 0 bridgehead atoms. The lowest BCUT2D eigenvalue weighted by atomic mass is 9.74. The number of esters is 2. The van der Waals surface area contributed by atoms with Gasteiger partial charge in [-0.2, -0.15) is 0 Å². The van der Waals surface area contributed by atoms with Gasteiger partial charge in [0.2, 0.25) is 5.41 Å². The molecule has 4 rings (SSSR count). The molecule has 0 aliphatic rings. The predicted octanol–water partition coefficient (Wildman–Crippen LogP) is 5.46. The smallest absolute Gasteiger partial charge is 0.333 e. The molecule has 4 aromatic carbocycles. The predicted molar refractivity (Wildman–Crippen MR) is 126 cm³/mol. The Hall–Kier alpha value is -4.18. The van der Waals surface area contributed by atoms with Crippen LogP contribution in [0.1, 0.15) is 22.3 Å². The molecule has 0 amide bonds. The molecule has 4 aromatic rings. The Morgan fingerprint density at radius 1 is 0.485 bits per heavy atom. The Bertz CT molecular complexity index is 1080. The van der Waals surface area contributed by atoms with Crippen molar-refractivity contribution in [2.45, 2.75) is 18.6 Å². The fraction of sp³-hybridized carbons (Fsp3) is 0.103. The van der Waals surface area contributed by atoms with E-state index < -0.39 is 17.4 Å². The standard InChI is InChI=1S/C29H24O4/c30-27(32-21-23-13-5-1-6-14-23)29(25-17-9-3-10-18-25,26-19-11-4-12-20-26)28(31)33-22-24-15-7-2-8-16-24/h1-20H,21-22H2. The van der Waals surface area contributed by atoms with Crippen LogP contribution in [0.25, 0.3) is 0 Å². The molecule has 33 heavy (non-hydrogen) atoms. The number of carbonyl (C=O) groups is 2. The zero-order valence-electron chi connectivity index (χ0n) is 18.1. The van der Waals surface area contributed by atoms with Gasteiger partial charge in [0.25, 0.3) is 0 Å². The van der Waals surface area contributed by atoms with Gasteiger partial charge in [0.15, 0.2) is 0 Å². The number of benzene rings is 4. The van der Waals surface area contributed by atoms with Crippen molar-refractivity contribution >= 4 is 11.9 Å². The lowest BCUT2D eigenvalue weighted by Crippen LogP contribution is -2.47. The molecule has 0 aromatic heterocycles. The molecule has 0 unspecified atom stereocenters. The molecular formula is C29H24O4. The van der Waals surface area contributed by atoms with E-state index in [4.69, 9.17) is 9.47 Å². The van der Waals surface area contributed by atoms with Crippen LogP contribution in [0.4, 0.5) is 0 Å². The van der Waals surface area contributed by atoms with Gasteiger partial charge in [-0.15, -0.1) is 0 Å². The summed E-state index contributed by atoms with van der Waals surface area (Å²) in [6.45, 7) is 0.0973. The summed E-state index contributed by atoms with van der Waals surface area (Å²) in [5, 5.41) is 0. The van der Waals surface area contributed by atoms with Crippen molar-refractivity contribution in [3.8, 4) is 0 Å². The number of ether oxygens (including phenoxy) is 2. The molecule has 0 saturated carbocycles. The normalized spacial score (nSPS) is 10.9. The lowest BCUT2D eigenvalue weighted by Gasteiger charge is -2.30. The number of hydrogen-bond donors (Lipinski definition) is 0. The first-order chi connectivity index (χ1) is 16.2. The summed E-state index contributed by atoms with van der Waals surface area (Å²) in [7, 11) is 0. The van der Waals surface area contributed by atoms with Crippen molar-refractivity contribution in [3.05, 3.63) is 144 Å². The monoisotopic (exact) mass is 436 g/mol. The first-order valence-electron chi connectivity index (χ1n) is 10.7. The summed E-state index contributed by atoms with van der Waals surface area (Å²) in [5.41, 5.74) is 0.892. The van der Waals surface area contributed by atoms with Gasteiger partial charge in [0, 0.05) is 0 Å². The largest absolute Gasteiger partial charge is 0.459 e. The van der Waals surface area contributed by atoms with E-state index in [1.54, 1.807) is 48.5 Å². The van der Waals surface area contributed by atoms with Crippen LogP contribution in [0, 0.1) is 0 Å². The lowest BCUT2D eigenvalue weighted by molar-refractivity contribution is -0.164. The van der Waals surface area contributed by atoms with Gasteiger partial charge in [0.1, 0.15) is 13.2 Å². The topological polar surface area (TPSA) is 52.6 Å². The Morgan fingerprint density at radius 3 is 1.12 bits per heavy atom. The summed E-state index contributed by atoms with van der Waals surface area (Å²) in [4.78, 5) is 27.5. The van der Waals surface area contributed by atoms with E-state index in [0.717, 1.165) is 11.1 Å². The minimum Gasteiger partial charge on any atom is -0.459 e. The molecule has 164 valence electrons. The minimum atomic E-state index is -1.76. The average Bonchev–Trinajstić information content (AvgIpc) is 2.89. The zero-order chi connectivity index (χ0) is 22.9. The summed E-state index contributed by atoms with van der Waals surface area (Å²) in [6.07, 6.45) is 0. The second-order valence-corrected chi connectivity index (χ2v) is 7.61. The van der Waals surface area contributed by atoms with Gasteiger partial charge in [-0.05, 0) is 22.3 Å². The minimum absolute atomic E-state index is 0.0487. The SMILES string of the molecule is O=C(OCc1ccccc1)C(C(=O)OCc1ccccc1)(c1ccccc1)c1ccccc1. The Morgan fingerprint density at radius 2 is 0.788 bits per heavy atom. The summed E-state index contributed by atoms with van der Waals surface area (Å²) >= 11 is 0. The zero-order valence-corrected chi connectivity index (χ0v) is 18.1. The maximum atomic E-state index is 13.8. The van der Waals surface area contributed by atoms with Gasteiger partial charge in [0.05, 0.1) is 0 Å². The third kappa shape index (κ3) is 4.85. The van der Waals surface area contributed by atoms with Crippen LogP contribution in [0.5, 0.6) is 0 Å². The van der Waals surface area contributed by atoms with Crippen molar-refractivity contribution in [1.82, 2.24) is 0 Å². The molecule has 0 fully saturated rings. The second kappa shape index (κ2) is 10.4. The summed E-state index contributed by atoms with van der Waals surface area (Å²) in [5.74, 6) is -1.36. The third-order valence-electron chi connectivity index (χ3n) is 5.45. The molecule has 0 spiro atoms. The average molecular weight is 437 g/mol. The van der Waals surface area contributed by atoms with E-state index in [2.05, 4.69) is 0 Å². The Kier molecular flexibility index (Phi) is 6.96. The van der Waals surface area contributed by atoms with Gasteiger partial charge < -0.3 is 9.47 Å². The van der Waals surface area contributed by atoms with E-state index in [0.29, 0.717) is 11.1 Å². The first-order valence-corrected chi connectivity index (χ1v) is 10.7. The van der Waals surface area contributed by atoms with E-state index in [1.807, 2.05) is 72.8 Å². The van der Waals surface area contributed by atoms with Crippen LogP contribution in [-0.4, -0.2) is 11.9 Å². The van der Waals surface area contributed by atoms with Gasteiger partial charge in [-0.3, -0.25) is 9.59 Å². The van der Waals surface area contributed by atoms with Gasteiger partial charge in [-0.25, -0.2) is 0 Å². The van der Waals surface area contributed by atoms with E-state index in [9.17, 15) is 9.59 Å². The number of rotatable bonds is 8. The Labute approximate surface area is 193 Å². The van der Waals surface area contributed by atoms with E-state index in [1.165, 1.54) is 0 Å². The summed E-state index contributed by atoms with van der Waals surface area (Å²) in [6, 6.07) is 36.6. The molecule has 0 aliphatic carbocycles. The molecule has 0 N–H and O–H groups in total. The van der Waals surface area contributed by atoms with Crippen molar-refractivity contribution < 1.29 is 19.1 Å². The number of carbonyl (C=O) groups excluding carboxylic acids is 2. The van der Waals surface area contributed by atoms with Crippen LogP contribution >= 0.6 is 0 Å². The molecule has 0 heterocycles. The van der Waals surface area contributed by atoms with E-state index >= 15 is 0 Å². The molecule has 0 aliphatic heterocycles. The molecule has 0 atom stereocenters. The van der Waals surface area contributed by atoms with Crippen molar-refractivity contribution in [2.75, 3.05) is 0 Å². The highest BCUT2D eigenvalue weighted by Crippen LogP contribution is 2.36. The van der Waals surface area contributed by atoms with Crippen molar-refractivity contribution in [1.29, 1.82) is 0 Å². The second-order valence-electron chi connectivity index (χ2n) is 7.61. The highest BCUT2D eigenvalue weighted by molar-refractivity contribution is 6.10. The van der Waals surface area contributed by atoms with Crippen LogP contribution in [0.3, 0.4) is 0 Å². The molecule has 4 nitrogen and oxygen atoms in total. The van der Waals surface area contributed by atoms with E-state index in [-0.39, 0.29) is 13.2 Å². The highest BCUT2D eigenvalue weighted by Gasteiger charge is 2.52. The van der Waals surface area contributed by atoms with Crippen LogP contribution in [0.15, 0.2) is 121 Å². The van der Waals surface area contributed by atoms with Gasteiger partial charge in [-0.1, -0.05) is 121 Å². The fourth-order valence-electron chi connectivity index (χ4n) is 3.76. The molecular weight excluding hydrogens is 412 g/mol. The van der Waals surface area contributed by atoms with Crippen LogP contribution in [0.2, 0.25) is 0 Å². The molecule has 4 heteroatoms. The summed E-state index contributed by atoms with van der Waals surface area (Å²) < 4.78 is 11.5. The number of hydrogen-bond acceptors (Lipinski definition) is 4. The molecule has 0 saturated heterocycles. The van der Waals surface area contributed by atoms with Crippen molar-refractivity contribution in [3.63, 3.8) is 0 Å². The fourth-order valence-corrected chi connectivity index (χ4v) is 3.76. The maximum absolute atomic E-state index is 13.8. The third-order valence-corrected chi connectivity index (χ3v) is 5.45. The van der Waals surface area contributed by atoms with Crippen molar-refractivity contribution in [2.24, 2.45) is 0 Å². The molecule has 0 radical (unpaired) electrons. The highest BCUT2D eigenvalue weighted by atomic mass is 16.6. The van der Waals surface area contributed by atoms with Crippen LogP contribution in [-0.2, 0) is 37.7 Å². The maximum Gasteiger partial charge on any atom is 0.333 e. The first kappa shape index (κ1) is 22.0. The quantitative estimate of drug-likeness (QED) is 0.272. The Balaban J connectivity index is 1.74. The van der Waals surface area contributed by atoms with Crippen LogP contribution < -0.4 is 0 Å². The van der Waals surface area contributed by atoms with Gasteiger partial charge >= 0.3 is 11.9 Å².